The number of rotatable bonds is 6. The Labute approximate surface area is 257 Å². The molecule has 4 aromatic rings. The van der Waals surface area contributed by atoms with Crippen molar-refractivity contribution < 1.29 is 27.9 Å². The third-order valence-electron chi connectivity index (χ3n) is 8.17. The summed E-state index contributed by atoms with van der Waals surface area (Å²) in [6, 6.07) is 6.28. The number of hydrogen-bond acceptors (Lipinski definition) is 6. The summed E-state index contributed by atoms with van der Waals surface area (Å²) in [6.07, 6.45) is 2.04. The molecule has 3 aromatic heterocycles. The van der Waals surface area contributed by atoms with Crippen molar-refractivity contribution in [2.75, 3.05) is 20.1 Å². The second-order valence-corrected chi connectivity index (χ2v) is 11.3. The van der Waals surface area contributed by atoms with E-state index in [9.17, 15) is 23.9 Å². The SMILES string of the molecule is C=C(F)C(=O)N1CCC(c2c(C(=O)NC)c(=O)n(-c3c(C)ccnc3C(C)C)c3nc(-c4c(O)cccc4F)c(F)cc23)CC1. The van der Waals surface area contributed by atoms with Gasteiger partial charge in [-0.1, -0.05) is 26.5 Å². The number of aryl methyl sites for hydroxylation is 1. The van der Waals surface area contributed by atoms with Crippen LogP contribution >= 0.6 is 0 Å². The molecule has 0 bridgehead atoms. The van der Waals surface area contributed by atoms with Gasteiger partial charge in [-0.25, -0.2) is 18.2 Å². The zero-order chi connectivity index (χ0) is 32.7. The van der Waals surface area contributed by atoms with Gasteiger partial charge in [-0.15, -0.1) is 0 Å². The number of fused-ring (bicyclic) bond motifs is 1. The van der Waals surface area contributed by atoms with Crippen LogP contribution in [0.4, 0.5) is 13.2 Å². The molecule has 0 saturated carbocycles. The third-order valence-corrected chi connectivity index (χ3v) is 8.17. The number of aromatic hydroxyl groups is 1. The number of nitrogens with zero attached hydrogens (tertiary/aromatic N) is 4. The second-order valence-electron chi connectivity index (χ2n) is 11.3. The number of nitrogens with one attached hydrogen (secondary N) is 1. The van der Waals surface area contributed by atoms with Gasteiger partial charge in [0.2, 0.25) is 0 Å². The lowest BCUT2D eigenvalue weighted by molar-refractivity contribution is -0.129. The van der Waals surface area contributed by atoms with Crippen LogP contribution in [-0.4, -0.2) is 56.5 Å². The molecule has 234 valence electrons. The Morgan fingerprint density at radius 1 is 1.13 bits per heavy atom. The predicted molar refractivity (Wildman–Crippen MR) is 163 cm³/mol. The number of aromatic nitrogens is 3. The van der Waals surface area contributed by atoms with E-state index >= 15 is 8.78 Å². The van der Waals surface area contributed by atoms with E-state index in [1.54, 1.807) is 19.2 Å². The highest BCUT2D eigenvalue weighted by Gasteiger charge is 2.34. The van der Waals surface area contributed by atoms with Gasteiger partial charge in [-0.2, -0.15) is 0 Å². The van der Waals surface area contributed by atoms with E-state index in [0.717, 1.165) is 12.1 Å². The van der Waals surface area contributed by atoms with Gasteiger partial charge in [0.15, 0.2) is 11.6 Å². The van der Waals surface area contributed by atoms with Crippen LogP contribution in [0.2, 0.25) is 0 Å². The average molecular weight is 620 g/mol. The fourth-order valence-electron chi connectivity index (χ4n) is 6.03. The van der Waals surface area contributed by atoms with Gasteiger partial charge in [-0.3, -0.25) is 23.9 Å². The topological polar surface area (TPSA) is 117 Å². The van der Waals surface area contributed by atoms with Crippen LogP contribution in [0.5, 0.6) is 5.75 Å². The lowest BCUT2D eigenvalue weighted by Crippen LogP contribution is -2.40. The summed E-state index contributed by atoms with van der Waals surface area (Å²) in [7, 11) is 1.37. The van der Waals surface area contributed by atoms with Crippen molar-refractivity contribution in [3.05, 3.63) is 93.3 Å². The fourth-order valence-corrected chi connectivity index (χ4v) is 6.03. The van der Waals surface area contributed by atoms with Crippen molar-refractivity contribution in [1.29, 1.82) is 0 Å². The smallest absolute Gasteiger partial charge is 0.281 e. The molecule has 1 fully saturated rings. The molecule has 5 rings (SSSR count). The van der Waals surface area contributed by atoms with Gasteiger partial charge in [0, 0.05) is 31.7 Å². The number of piperidine rings is 1. The normalized spacial score (nSPS) is 13.8. The number of hydrogen-bond donors (Lipinski definition) is 2. The molecule has 9 nitrogen and oxygen atoms in total. The minimum atomic E-state index is -1.10. The van der Waals surface area contributed by atoms with Crippen LogP contribution in [-0.2, 0) is 4.79 Å². The van der Waals surface area contributed by atoms with Crippen LogP contribution in [0, 0.1) is 18.6 Å². The summed E-state index contributed by atoms with van der Waals surface area (Å²) in [6.45, 7) is 8.78. The lowest BCUT2D eigenvalue weighted by Gasteiger charge is -2.33. The molecule has 0 atom stereocenters. The molecule has 2 N–H and O–H groups in total. The molecule has 45 heavy (non-hydrogen) atoms. The van der Waals surface area contributed by atoms with Crippen molar-refractivity contribution in [2.45, 2.75) is 45.4 Å². The summed E-state index contributed by atoms with van der Waals surface area (Å²) >= 11 is 0. The van der Waals surface area contributed by atoms with E-state index in [4.69, 9.17) is 0 Å². The number of carbonyl (C=O) groups excluding carboxylic acids is 2. The number of pyridine rings is 3. The molecular formula is C33H32F3N5O4. The first-order valence-corrected chi connectivity index (χ1v) is 14.5. The number of benzene rings is 1. The Bertz CT molecular complexity index is 1910. The number of carbonyl (C=O) groups is 2. The Morgan fingerprint density at radius 3 is 2.42 bits per heavy atom. The summed E-state index contributed by atoms with van der Waals surface area (Å²) in [5, 5.41) is 13.1. The number of phenolic OH excluding ortho intramolecular Hbond substituents is 1. The highest BCUT2D eigenvalue weighted by Crippen LogP contribution is 2.39. The molecule has 1 aromatic carbocycles. The molecule has 1 aliphatic heterocycles. The molecule has 1 aliphatic rings. The minimum Gasteiger partial charge on any atom is -0.507 e. The summed E-state index contributed by atoms with van der Waals surface area (Å²) < 4.78 is 45.9. The van der Waals surface area contributed by atoms with Crippen LogP contribution in [0.25, 0.3) is 28.0 Å². The number of halogens is 3. The molecule has 2 amide bonds. The number of amides is 2. The van der Waals surface area contributed by atoms with Crippen molar-refractivity contribution in [1.82, 2.24) is 24.8 Å². The van der Waals surface area contributed by atoms with E-state index in [2.05, 4.69) is 21.9 Å². The van der Waals surface area contributed by atoms with Crippen molar-refractivity contribution in [3.63, 3.8) is 0 Å². The van der Waals surface area contributed by atoms with Crippen LogP contribution in [0.1, 0.15) is 65.7 Å². The number of phenols is 1. The van der Waals surface area contributed by atoms with E-state index in [1.807, 2.05) is 13.8 Å². The Kier molecular flexibility index (Phi) is 8.51. The maximum Gasteiger partial charge on any atom is 0.281 e. The largest absolute Gasteiger partial charge is 0.507 e. The van der Waals surface area contributed by atoms with Crippen LogP contribution in [0.3, 0.4) is 0 Å². The van der Waals surface area contributed by atoms with Gasteiger partial charge in [-0.05, 0) is 67.0 Å². The minimum absolute atomic E-state index is 0.0738. The Hall–Kier alpha value is -5.00. The fraction of sp³-hybridized carbons (Fsp3) is 0.303. The molecule has 0 unspecified atom stereocenters. The zero-order valence-electron chi connectivity index (χ0n) is 25.2. The molecule has 4 heterocycles. The summed E-state index contributed by atoms with van der Waals surface area (Å²) in [5.74, 6) is -5.87. The molecular weight excluding hydrogens is 587 g/mol. The lowest BCUT2D eigenvalue weighted by atomic mass is 9.84. The van der Waals surface area contributed by atoms with E-state index in [1.165, 1.54) is 28.6 Å². The van der Waals surface area contributed by atoms with Crippen molar-refractivity contribution >= 4 is 22.8 Å². The molecule has 0 spiro atoms. The monoisotopic (exact) mass is 619 g/mol. The highest BCUT2D eigenvalue weighted by molar-refractivity contribution is 6.01. The Morgan fingerprint density at radius 2 is 1.82 bits per heavy atom. The quantitative estimate of drug-likeness (QED) is 0.279. The Balaban J connectivity index is 1.91. The standard InChI is InChI=1S/C33H32F3N5O4/c1-16(2)27-29(17(3)9-12-38-27)41-30-20(15-22(36)28(39-30)25-21(35)7-6-8-23(25)42)24(26(33(41)45)31(43)37-5)19-10-13-40(14-11-19)32(44)18(4)34/h6-9,12,15-16,19,42H,4,10-11,13-14H2,1-3,5H3,(H,37,43). The first kappa shape index (κ1) is 31.4. The maximum absolute atomic E-state index is 16.1. The molecule has 0 aliphatic carbocycles. The van der Waals surface area contributed by atoms with Gasteiger partial charge in [0.25, 0.3) is 17.4 Å². The number of likely N-dealkylation sites (tertiary alicyclic amines) is 1. The highest BCUT2D eigenvalue weighted by atomic mass is 19.1. The first-order valence-electron chi connectivity index (χ1n) is 14.5. The van der Waals surface area contributed by atoms with Crippen LogP contribution in [0.15, 0.2) is 53.7 Å². The van der Waals surface area contributed by atoms with E-state index in [0.29, 0.717) is 16.9 Å². The summed E-state index contributed by atoms with van der Waals surface area (Å²) in [4.78, 5) is 50.6. The molecule has 1 saturated heterocycles. The third kappa shape index (κ3) is 5.45. The zero-order valence-corrected chi connectivity index (χ0v) is 25.2. The van der Waals surface area contributed by atoms with Gasteiger partial charge < -0.3 is 15.3 Å². The van der Waals surface area contributed by atoms with E-state index < -0.39 is 57.8 Å². The predicted octanol–water partition coefficient (Wildman–Crippen LogP) is 5.41. The maximum atomic E-state index is 16.1. The summed E-state index contributed by atoms with van der Waals surface area (Å²) in [5.41, 5.74) is -0.420. The average Bonchev–Trinajstić information content (AvgIpc) is 3.00. The second kappa shape index (κ2) is 12.2. The van der Waals surface area contributed by atoms with Gasteiger partial charge in [0.05, 0.1) is 16.9 Å². The van der Waals surface area contributed by atoms with Gasteiger partial charge >= 0.3 is 0 Å². The van der Waals surface area contributed by atoms with Gasteiger partial charge in [0.1, 0.15) is 28.5 Å². The molecule has 0 radical (unpaired) electrons. The van der Waals surface area contributed by atoms with Crippen molar-refractivity contribution in [2.24, 2.45) is 0 Å². The van der Waals surface area contributed by atoms with Crippen LogP contribution < -0.4 is 10.9 Å². The first-order chi connectivity index (χ1) is 21.4. The van der Waals surface area contributed by atoms with Crippen molar-refractivity contribution in [3.8, 4) is 22.7 Å². The van der Waals surface area contributed by atoms with E-state index in [-0.39, 0.29) is 54.0 Å². The molecule has 12 heteroatoms.